The van der Waals surface area contributed by atoms with Gasteiger partial charge < -0.3 is 14.6 Å². The van der Waals surface area contributed by atoms with E-state index in [2.05, 4.69) is 0 Å². The van der Waals surface area contributed by atoms with Crippen LogP contribution >= 0.6 is 11.8 Å². The van der Waals surface area contributed by atoms with Gasteiger partial charge in [0, 0.05) is 24.7 Å². The van der Waals surface area contributed by atoms with Gasteiger partial charge in [-0.2, -0.15) is 11.8 Å². The molecule has 114 valence electrons. The fourth-order valence-corrected chi connectivity index (χ4v) is 4.27. The Balaban J connectivity index is 1.72. The van der Waals surface area contributed by atoms with Gasteiger partial charge in [0.1, 0.15) is 17.7 Å². The van der Waals surface area contributed by atoms with Crippen molar-refractivity contribution < 1.29 is 23.8 Å². The third-order valence-electron chi connectivity index (χ3n) is 3.94. The Hall–Kier alpha value is -1.27. The van der Waals surface area contributed by atoms with Gasteiger partial charge in [0.25, 0.3) is 0 Å². The third kappa shape index (κ3) is 3.32. The molecule has 2 fully saturated rings. The molecule has 2 atom stereocenters. The van der Waals surface area contributed by atoms with Crippen LogP contribution in [0.25, 0.3) is 0 Å². The molecule has 0 aliphatic carbocycles. The zero-order valence-electron chi connectivity index (χ0n) is 11.5. The van der Waals surface area contributed by atoms with E-state index in [1.807, 2.05) is 11.8 Å². The van der Waals surface area contributed by atoms with Gasteiger partial charge in [-0.1, -0.05) is 0 Å². The molecular formula is C15H17FO4S. The second-order valence-corrected chi connectivity index (χ2v) is 6.65. The highest BCUT2D eigenvalue weighted by atomic mass is 32.2. The summed E-state index contributed by atoms with van der Waals surface area (Å²) in [5, 5.41) is 8.96. The highest BCUT2D eigenvalue weighted by Crippen LogP contribution is 2.39. The van der Waals surface area contributed by atoms with Gasteiger partial charge in [0.05, 0.1) is 17.8 Å². The van der Waals surface area contributed by atoms with Gasteiger partial charge >= 0.3 is 5.97 Å². The van der Waals surface area contributed by atoms with Crippen LogP contribution < -0.4 is 4.74 Å². The van der Waals surface area contributed by atoms with Crippen molar-refractivity contribution in [1.29, 1.82) is 0 Å². The molecule has 1 aromatic carbocycles. The third-order valence-corrected chi connectivity index (χ3v) is 5.16. The minimum atomic E-state index is -1.16. The summed E-state index contributed by atoms with van der Waals surface area (Å²) in [6.07, 6.45) is 2.48. The molecule has 2 heterocycles. The molecule has 2 aliphatic heterocycles. The van der Waals surface area contributed by atoms with Gasteiger partial charge in [0.15, 0.2) is 0 Å². The van der Waals surface area contributed by atoms with E-state index in [0.29, 0.717) is 6.61 Å². The van der Waals surface area contributed by atoms with Crippen LogP contribution in [0, 0.1) is 5.82 Å². The first-order valence-corrected chi connectivity index (χ1v) is 8.14. The maximum atomic E-state index is 13.5. The number of aromatic carboxylic acids is 1. The molecule has 0 saturated carbocycles. The summed E-state index contributed by atoms with van der Waals surface area (Å²) < 4.78 is 25.2. The summed E-state index contributed by atoms with van der Waals surface area (Å²) in [4.78, 5) is 11.0. The minimum Gasteiger partial charge on any atom is -0.490 e. The van der Waals surface area contributed by atoms with Gasteiger partial charge in [-0.3, -0.25) is 0 Å². The lowest BCUT2D eigenvalue weighted by molar-refractivity contribution is -0.0959. The van der Waals surface area contributed by atoms with Crippen LogP contribution in [0.5, 0.6) is 5.75 Å². The normalized spacial score (nSPS) is 28.7. The van der Waals surface area contributed by atoms with E-state index in [9.17, 15) is 9.18 Å². The van der Waals surface area contributed by atoms with E-state index in [0.717, 1.165) is 36.8 Å². The van der Waals surface area contributed by atoms with Gasteiger partial charge in [0.2, 0.25) is 0 Å². The second kappa shape index (κ2) is 5.85. The molecule has 1 spiro atoms. The van der Waals surface area contributed by atoms with Crippen molar-refractivity contribution in [2.75, 3.05) is 18.1 Å². The fourth-order valence-electron chi connectivity index (χ4n) is 2.89. The highest BCUT2D eigenvalue weighted by molar-refractivity contribution is 7.99. The standard InChI is InChI=1S/C15H17FO4S/c16-11-5-10(14(17)18)6-13(7-11)20-12-1-3-19-15(8-12)2-4-21-9-15/h5-7,12H,1-4,8-9H2,(H,17,18). The number of carbonyl (C=O) groups is 1. The molecule has 2 aliphatic rings. The van der Waals surface area contributed by atoms with Crippen molar-refractivity contribution >= 4 is 17.7 Å². The molecule has 6 heteroatoms. The molecule has 0 bridgehead atoms. The molecule has 21 heavy (non-hydrogen) atoms. The Morgan fingerprint density at radius 1 is 1.48 bits per heavy atom. The fraction of sp³-hybridized carbons (Fsp3) is 0.533. The number of thioether (sulfide) groups is 1. The van der Waals surface area contributed by atoms with E-state index in [1.54, 1.807) is 0 Å². The highest BCUT2D eigenvalue weighted by Gasteiger charge is 2.41. The molecule has 0 amide bonds. The number of halogens is 1. The van der Waals surface area contributed by atoms with Crippen LogP contribution in [-0.2, 0) is 4.74 Å². The summed E-state index contributed by atoms with van der Waals surface area (Å²) in [5.41, 5.74) is -0.209. The largest absolute Gasteiger partial charge is 0.490 e. The maximum absolute atomic E-state index is 13.5. The maximum Gasteiger partial charge on any atom is 0.335 e. The molecular weight excluding hydrogens is 295 g/mol. The second-order valence-electron chi connectivity index (χ2n) is 5.55. The van der Waals surface area contributed by atoms with Crippen molar-refractivity contribution in [3.05, 3.63) is 29.6 Å². The number of carboxylic acids is 1. The molecule has 4 nitrogen and oxygen atoms in total. The lowest BCUT2D eigenvalue weighted by Gasteiger charge is -2.37. The predicted molar refractivity (Wildman–Crippen MR) is 77.6 cm³/mol. The number of hydrogen-bond acceptors (Lipinski definition) is 4. The van der Waals surface area contributed by atoms with Crippen molar-refractivity contribution in [3.8, 4) is 5.75 Å². The first-order valence-electron chi connectivity index (χ1n) is 6.99. The number of rotatable bonds is 3. The number of benzene rings is 1. The van der Waals surface area contributed by atoms with Gasteiger partial charge in [-0.05, 0) is 24.3 Å². The summed E-state index contributed by atoms with van der Waals surface area (Å²) >= 11 is 1.88. The Bertz CT molecular complexity index is 542. The summed E-state index contributed by atoms with van der Waals surface area (Å²) in [5.74, 6) is 0.588. The molecule has 1 aromatic rings. The number of hydrogen-bond donors (Lipinski definition) is 1. The summed E-state index contributed by atoms with van der Waals surface area (Å²) in [6, 6.07) is 3.60. The Labute approximate surface area is 126 Å². The predicted octanol–water partition coefficient (Wildman–Crippen LogP) is 2.96. The monoisotopic (exact) mass is 312 g/mol. The molecule has 3 rings (SSSR count). The molecule has 0 aromatic heterocycles. The lowest BCUT2D eigenvalue weighted by Crippen LogP contribution is -2.43. The van der Waals surface area contributed by atoms with Gasteiger partial charge in [-0.15, -0.1) is 0 Å². The number of carboxylic acid groups (broad SMARTS) is 1. The van der Waals surface area contributed by atoms with E-state index in [4.69, 9.17) is 14.6 Å². The van der Waals surface area contributed by atoms with Crippen LogP contribution in [0.4, 0.5) is 4.39 Å². The Kier molecular flexibility index (Phi) is 4.08. The van der Waals surface area contributed by atoms with E-state index < -0.39 is 11.8 Å². The first kappa shape index (κ1) is 14.7. The van der Waals surface area contributed by atoms with Crippen LogP contribution in [0.15, 0.2) is 18.2 Å². The summed E-state index contributed by atoms with van der Waals surface area (Å²) in [7, 11) is 0. The minimum absolute atomic E-state index is 0.0547. The molecule has 2 unspecified atom stereocenters. The van der Waals surface area contributed by atoms with Gasteiger partial charge in [-0.25, -0.2) is 9.18 Å². The lowest BCUT2D eigenvalue weighted by atomic mass is 9.91. The Morgan fingerprint density at radius 3 is 3.05 bits per heavy atom. The van der Waals surface area contributed by atoms with E-state index in [1.165, 1.54) is 12.1 Å². The average Bonchev–Trinajstić information content (AvgIpc) is 2.86. The topological polar surface area (TPSA) is 55.8 Å². The molecule has 0 radical (unpaired) electrons. The average molecular weight is 312 g/mol. The van der Waals surface area contributed by atoms with E-state index >= 15 is 0 Å². The zero-order valence-corrected chi connectivity index (χ0v) is 12.3. The van der Waals surface area contributed by atoms with Crippen molar-refractivity contribution in [2.45, 2.75) is 31.0 Å². The zero-order chi connectivity index (χ0) is 14.9. The van der Waals surface area contributed by atoms with Crippen molar-refractivity contribution in [1.82, 2.24) is 0 Å². The summed E-state index contributed by atoms with van der Waals surface area (Å²) in [6.45, 7) is 0.631. The van der Waals surface area contributed by atoms with E-state index in [-0.39, 0.29) is 23.0 Å². The van der Waals surface area contributed by atoms with Crippen LogP contribution in [-0.4, -0.2) is 40.9 Å². The van der Waals surface area contributed by atoms with Crippen molar-refractivity contribution in [3.63, 3.8) is 0 Å². The van der Waals surface area contributed by atoms with Crippen LogP contribution in [0.2, 0.25) is 0 Å². The quantitative estimate of drug-likeness (QED) is 0.930. The smallest absolute Gasteiger partial charge is 0.335 e. The van der Waals surface area contributed by atoms with Crippen LogP contribution in [0.3, 0.4) is 0 Å². The SMILES string of the molecule is O=C(O)c1cc(F)cc(OC2CCOC3(CCSC3)C2)c1. The van der Waals surface area contributed by atoms with Crippen molar-refractivity contribution in [2.24, 2.45) is 0 Å². The van der Waals surface area contributed by atoms with Crippen LogP contribution in [0.1, 0.15) is 29.6 Å². The first-order chi connectivity index (χ1) is 10.1. The Morgan fingerprint density at radius 2 is 2.33 bits per heavy atom. The number of ether oxygens (including phenoxy) is 2. The molecule has 1 N–H and O–H groups in total. The molecule has 2 saturated heterocycles.